The van der Waals surface area contributed by atoms with E-state index in [1.54, 1.807) is 4.90 Å². The maximum Gasteiger partial charge on any atom is 0.228 e. The van der Waals surface area contributed by atoms with Crippen LogP contribution in [0.2, 0.25) is 5.02 Å². The van der Waals surface area contributed by atoms with Crippen molar-refractivity contribution < 1.29 is 13.6 Å². The van der Waals surface area contributed by atoms with Crippen molar-refractivity contribution in [3.8, 4) is 0 Å². The number of aromatic nitrogens is 1. The Hall–Kier alpha value is -1.75. The number of nitrogens with zero attached hydrogens (tertiary/aromatic N) is 2. The second kappa shape index (κ2) is 5.80. The molecule has 2 aromatic rings. The van der Waals surface area contributed by atoms with Crippen molar-refractivity contribution in [3.05, 3.63) is 34.4 Å². The van der Waals surface area contributed by atoms with Gasteiger partial charge in [-0.05, 0) is 19.3 Å². The van der Waals surface area contributed by atoms with Gasteiger partial charge in [-0.25, -0.2) is 13.8 Å². The van der Waals surface area contributed by atoms with Gasteiger partial charge in [0.05, 0.1) is 15.9 Å². The van der Waals surface area contributed by atoms with E-state index in [0.29, 0.717) is 30.8 Å². The average molecular weight is 325 g/mol. The van der Waals surface area contributed by atoms with E-state index in [-0.39, 0.29) is 21.8 Å². The molecule has 0 saturated carbocycles. The van der Waals surface area contributed by atoms with Gasteiger partial charge in [-0.3, -0.25) is 9.69 Å². The molecule has 0 unspecified atom stereocenters. The summed E-state index contributed by atoms with van der Waals surface area (Å²) in [5.41, 5.74) is 0.753. The van der Waals surface area contributed by atoms with E-state index >= 15 is 0 Å². The number of rotatable bonds is 2. The highest BCUT2D eigenvalue weighted by Gasteiger charge is 2.26. The van der Waals surface area contributed by atoms with Crippen LogP contribution in [-0.2, 0) is 11.2 Å². The van der Waals surface area contributed by atoms with Crippen molar-refractivity contribution >= 4 is 34.2 Å². The third kappa shape index (κ3) is 2.43. The van der Waals surface area contributed by atoms with E-state index in [1.165, 1.54) is 0 Å². The minimum atomic E-state index is -0.737. The molecule has 116 valence electrons. The fourth-order valence-corrected chi connectivity index (χ4v) is 3.27. The summed E-state index contributed by atoms with van der Waals surface area (Å²) >= 11 is 6.33. The molecule has 6 heteroatoms. The summed E-state index contributed by atoms with van der Waals surface area (Å²) in [6, 6.07) is 1.93. The van der Waals surface area contributed by atoms with Crippen LogP contribution in [0.5, 0.6) is 0 Å². The molecule has 1 amide bonds. The van der Waals surface area contributed by atoms with E-state index in [2.05, 4.69) is 4.98 Å². The number of halogens is 3. The molecule has 1 saturated heterocycles. The minimum absolute atomic E-state index is 0.0271. The van der Waals surface area contributed by atoms with Crippen LogP contribution in [0.1, 0.15) is 31.7 Å². The largest absolute Gasteiger partial charge is 0.297 e. The van der Waals surface area contributed by atoms with Gasteiger partial charge in [-0.15, -0.1) is 0 Å². The number of anilines is 1. The van der Waals surface area contributed by atoms with Gasteiger partial charge in [0.25, 0.3) is 0 Å². The molecule has 1 aliphatic heterocycles. The number of hydrogen-bond acceptors (Lipinski definition) is 2. The molecule has 0 atom stereocenters. The van der Waals surface area contributed by atoms with E-state index in [0.717, 1.165) is 25.0 Å². The van der Waals surface area contributed by atoms with Crippen molar-refractivity contribution in [1.82, 2.24) is 4.98 Å². The van der Waals surface area contributed by atoms with Crippen LogP contribution in [0.15, 0.2) is 12.1 Å². The lowest BCUT2D eigenvalue weighted by molar-refractivity contribution is -0.119. The van der Waals surface area contributed by atoms with Crippen LogP contribution < -0.4 is 4.90 Å². The number of piperidine rings is 1. The van der Waals surface area contributed by atoms with Gasteiger partial charge in [-0.2, -0.15) is 0 Å². The van der Waals surface area contributed by atoms with Crippen molar-refractivity contribution in [2.45, 2.75) is 32.6 Å². The Bertz CT molecular complexity index is 764. The van der Waals surface area contributed by atoms with Crippen LogP contribution in [-0.4, -0.2) is 17.4 Å². The lowest BCUT2D eigenvalue weighted by Crippen LogP contribution is -2.36. The highest BCUT2D eigenvalue weighted by atomic mass is 35.5. The lowest BCUT2D eigenvalue weighted by atomic mass is 10.1. The molecular formula is C16H15ClF2N2O. The number of carbonyl (C=O) groups is 1. The van der Waals surface area contributed by atoms with E-state index < -0.39 is 11.6 Å². The van der Waals surface area contributed by atoms with Gasteiger partial charge in [0.2, 0.25) is 5.91 Å². The van der Waals surface area contributed by atoms with E-state index in [9.17, 15) is 13.6 Å². The number of carbonyl (C=O) groups excluding carboxylic acids is 1. The molecule has 2 heterocycles. The zero-order valence-electron chi connectivity index (χ0n) is 12.1. The van der Waals surface area contributed by atoms with Gasteiger partial charge >= 0.3 is 0 Å². The molecule has 1 aliphatic rings. The number of amides is 1. The summed E-state index contributed by atoms with van der Waals surface area (Å²) in [6.45, 7) is 2.42. The average Bonchev–Trinajstić information content (AvgIpc) is 2.46. The molecule has 3 rings (SSSR count). The Morgan fingerprint density at radius 3 is 2.77 bits per heavy atom. The van der Waals surface area contributed by atoms with Crippen LogP contribution in [0.3, 0.4) is 0 Å². The minimum Gasteiger partial charge on any atom is -0.297 e. The molecule has 0 spiro atoms. The fraction of sp³-hybridized carbons (Fsp3) is 0.375. The Kier molecular flexibility index (Phi) is 4.00. The SMILES string of the molecule is CCc1c(N2CCCCC2=O)nc2cc(F)cc(F)c2c1Cl. The van der Waals surface area contributed by atoms with Crippen LogP contribution in [0.25, 0.3) is 10.9 Å². The first-order valence-electron chi connectivity index (χ1n) is 7.30. The highest BCUT2D eigenvalue weighted by molar-refractivity contribution is 6.36. The molecule has 0 aliphatic carbocycles. The third-order valence-electron chi connectivity index (χ3n) is 3.95. The van der Waals surface area contributed by atoms with E-state index in [4.69, 9.17) is 11.6 Å². The Balaban J connectivity index is 2.27. The number of hydrogen-bond donors (Lipinski definition) is 0. The second-order valence-electron chi connectivity index (χ2n) is 5.37. The van der Waals surface area contributed by atoms with Crippen LogP contribution >= 0.6 is 11.6 Å². The quantitative estimate of drug-likeness (QED) is 0.827. The van der Waals surface area contributed by atoms with Gasteiger partial charge < -0.3 is 0 Å². The summed E-state index contributed by atoms with van der Waals surface area (Å²) in [6.07, 6.45) is 2.70. The topological polar surface area (TPSA) is 33.2 Å². The normalized spacial score (nSPS) is 15.6. The van der Waals surface area contributed by atoms with Crippen LogP contribution in [0.4, 0.5) is 14.6 Å². The van der Waals surface area contributed by atoms with Gasteiger partial charge in [0.15, 0.2) is 0 Å². The maximum atomic E-state index is 14.0. The predicted octanol–water partition coefficient (Wildman–Crippen LogP) is 4.25. The summed E-state index contributed by atoms with van der Waals surface area (Å²) in [4.78, 5) is 18.1. The first-order chi connectivity index (χ1) is 10.5. The molecule has 0 N–H and O–H groups in total. The molecular weight excluding hydrogens is 310 g/mol. The van der Waals surface area contributed by atoms with Crippen LogP contribution in [0, 0.1) is 11.6 Å². The van der Waals surface area contributed by atoms with Crippen molar-refractivity contribution in [2.75, 3.05) is 11.4 Å². The smallest absolute Gasteiger partial charge is 0.228 e. The first kappa shape index (κ1) is 15.2. The molecule has 0 bridgehead atoms. The van der Waals surface area contributed by atoms with Gasteiger partial charge in [-0.1, -0.05) is 18.5 Å². The number of fused-ring (bicyclic) bond motifs is 1. The fourth-order valence-electron chi connectivity index (χ4n) is 2.86. The maximum absolute atomic E-state index is 14.0. The second-order valence-corrected chi connectivity index (χ2v) is 5.74. The van der Waals surface area contributed by atoms with Crippen molar-refractivity contribution in [2.24, 2.45) is 0 Å². The summed E-state index contributed by atoms with van der Waals surface area (Å²) in [5.74, 6) is -1.05. The Labute approximate surface area is 131 Å². The number of pyridine rings is 1. The zero-order valence-corrected chi connectivity index (χ0v) is 12.9. The summed E-state index contributed by atoms with van der Waals surface area (Å²) in [5, 5.41) is 0.312. The third-order valence-corrected chi connectivity index (χ3v) is 4.36. The predicted molar refractivity (Wildman–Crippen MR) is 82.3 cm³/mol. The first-order valence-corrected chi connectivity index (χ1v) is 7.68. The lowest BCUT2D eigenvalue weighted by Gasteiger charge is -2.28. The van der Waals surface area contributed by atoms with Gasteiger partial charge in [0, 0.05) is 30.7 Å². The van der Waals surface area contributed by atoms with Gasteiger partial charge in [0.1, 0.15) is 17.5 Å². The molecule has 1 aromatic heterocycles. The standard InChI is InChI=1S/C16H15ClF2N2O/c1-2-10-15(17)14-11(19)7-9(18)8-12(14)20-16(10)21-6-4-3-5-13(21)22/h7-8H,2-6H2,1H3. The monoisotopic (exact) mass is 324 g/mol. The van der Waals surface area contributed by atoms with E-state index in [1.807, 2.05) is 6.92 Å². The molecule has 0 radical (unpaired) electrons. The molecule has 22 heavy (non-hydrogen) atoms. The molecule has 1 aromatic carbocycles. The van der Waals surface area contributed by atoms with Crippen molar-refractivity contribution in [1.29, 1.82) is 0 Å². The number of benzene rings is 1. The van der Waals surface area contributed by atoms with Crippen molar-refractivity contribution in [3.63, 3.8) is 0 Å². The highest BCUT2D eigenvalue weighted by Crippen LogP contribution is 2.36. The Morgan fingerprint density at radius 2 is 2.09 bits per heavy atom. The zero-order chi connectivity index (χ0) is 15.9. The Morgan fingerprint density at radius 1 is 1.32 bits per heavy atom. The molecule has 3 nitrogen and oxygen atoms in total. The summed E-state index contributed by atoms with van der Waals surface area (Å²) in [7, 11) is 0. The molecule has 1 fully saturated rings. The summed E-state index contributed by atoms with van der Waals surface area (Å²) < 4.78 is 27.5.